The minimum atomic E-state index is -3.61. The van der Waals surface area contributed by atoms with E-state index in [1.807, 2.05) is 35.9 Å². The summed E-state index contributed by atoms with van der Waals surface area (Å²) < 4.78 is 33.8. The summed E-state index contributed by atoms with van der Waals surface area (Å²) in [6, 6.07) is 15.4. The van der Waals surface area contributed by atoms with Crippen LogP contribution in [0.4, 0.5) is 5.69 Å². The van der Waals surface area contributed by atoms with Gasteiger partial charge < -0.3 is 14.5 Å². The molecule has 0 saturated heterocycles. The molecule has 2 aromatic carbocycles. The van der Waals surface area contributed by atoms with Crippen molar-refractivity contribution in [2.75, 3.05) is 19.4 Å². The molecule has 4 rings (SSSR count). The molecular formula is C25H26N4O4S. The van der Waals surface area contributed by atoms with Gasteiger partial charge in [0.25, 0.3) is 5.91 Å². The summed E-state index contributed by atoms with van der Waals surface area (Å²) in [6.45, 7) is 4.08. The smallest absolute Gasteiger partial charge is 0.255 e. The quantitative estimate of drug-likeness (QED) is 0.433. The highest BCUT2D eigenvalue weighted by molar-refractivity contribution is 7.89. The number of rotatable bonds is 7. The number of carbonyl (C=O) groups excluding carboxylic acids is 1. The first-order valence-electron chi connectivity index (χ1n) is 10.6. The Balaban J connectivity index is 1.48. The third kappa shape index (κ3) is 4.95. The van der Waals surface area contributed by atoms with E-state index in [0.29, 0.717) is 17.0 Å². The third-order valence-electron chi connectivity index (χ3n) is 5.37. The van der Waals surface area contributed by atoms with Gasteiger partial charge in [0.05, 0.1) is 10.6 Å². The standard InChI is InChI=1S/C25H26N4O4S/c1-17-8-11-24-26-20(15-29(24)14-17)16-33-21-7-5-6-19(12-21)25(30)27-23-13-22(10-9-18(23)2)34(31,32)28(3)4/h5-15H,16H2,1-4H3,(H,27,30). The van der Waals surface area contributed by atoms with E-state index in [1.54, 1.807) is 37.3 Å². The van der Waals surface area contributed by atoms with Gasteiger partial charge in [-0.15, -0.1) is 0 Å². The van der Waals surface area contributed by atoms with E-state index in [2.05, 4.69) is 10.3 Å². The molecule has 0 aliphatic rings. The van der Waals surface area contributed by atoms with Crippen molar-refractivity contribution in [1.29, 1.82) is 0 Å². The van der Waals surface area contributed by atoms with Crippen molar-refractivity contribution in [3.63, 3.8) is 0 Å². The van der Waals surface area contributed by atoms with Crippen LogP contribution in [0.1, 0.15) is 27.2 Å². The Labute approximate surface area is 198 Å². The zero-order valence-electron chi connectivity index (χ0n) is 19.4. The average molecular weight is 479 g/mol. The molecule has 0 saturated carbocycles. The Morgan fingerprint density at radius 3 is 2.62 bits per heavy atom. The van der Waals surface area contributed by atoms with Crippen molar-refractivity contribution < 1.29 is 17.9 Å². The second-order valence-corrected chi connectivity index (χ2v) is 10.4. The fourth-order valence-corrected chi connectivity index (χ4v) is 4.34. The predicted octanol–water partition coefficient (Wildman–Crippen LogP) is 4.03. The highest BCUT2D eigenvalue weighted by atomic mass is 32.2. The van der Waals surface area contributed by atoms with Gasteiger partial charge in [0.15, 0.2) is 0 Å². The molecule has 0 aliphatic heterocycles. The van der Waals surface area contributed by atoms with Gasteiger partial charge in [-0.05, 0) is 61.4 Å². The number of hydrogen-bond donors (Lipinski definition) is 1. The fourth-order valence-electron chi connectivity index (χ4n) is 3.41. The van der Waals surface area contributed by atoms with Crippen molar-refractivity contribution in [2.45, 2.75) is 25.3 Å². The summed E-state index contributed by atoms with van der Waals surface area (Å²) in [5, 5.41) is 2.81. The van der Waals surface area contributed by atoms with Gasteiger partial charge >= 0.3 is 0 Å². The molecule has 2 aromatic heterocycles. The number of aryl methyl sites for hydroxylation is 2. The van der Waals surface area contributed by atoms with Crippen molar-refractivity contribution >= 4 is 27.3 Å². The molecular weight excluding hydrogens is 452 g/mol. The van der Waals surface area contributed by atoms with Gasteiger partial charge in [-0.2, -0.15) is 0 Å². The van der Waals surface area contributed by atoms with Gasteiger partial charge in [-0.25, -0.2) is 17.7 Å². The fraction of sp³-hybridized carbons (Fsp3) is 0.200. The number of sulfonamides is 1. The first-order valence-corrected chi connectivity index (χ1v) is 12.1. The SMILES string of the molecule is Cc1ccc2nc(COc3cccc(C(=O)Nc4cc(S(=O)(=O)N(C)C)ccc4C)c3)cn2c1. The van der Waals surface area contributed by atoms with E-state index in [4.69, 9.17) is 4.74 Å². The molecule has 0 atom stereocenters. The topological polar surface area (TPSA) is 93.0 Å². The van der Waals surface area contributed by atoms with Crippen LogP contribution >= 0.6 is 0 Å². The molecule has 0 aliphatic carbocycles. The number of carbonyl (C=O) groups is 1. The number of hydrogen-bond acceptors (Lipinski definition) is 5. The largest absolute Gasteiger partial charge is 0.487 e. The van der Waals surface area contributed by atoms with Gasteiger partial charge in [-0.3, -0.25) is 4.79 Å². The number of anilines is 1. The van der Waals surface area contributed by atoms with Crippen LogP contribution in [0.15, 0.2) is 71.9 Å². The van der Waals surface area contributed by atoms with Gasteiger partial charge in [-0.1, -0.05) is 18.2 Å². The Bertz CT molecular complexity index is 1480. The molecule has 0 radical (unpaired) electrons. The molecule has 9 heteroatoms. The molecule has 1 amide bonds. The highest BCUT2D eigenvalue weighted by Crippen LogP contribution is 2.23. The van der Waals surface area contributed by atoms with Crippen LogP contribution in [0.3, 0.4) is 0 Å². The summed E-state index contributed by atoms with van der Waals surface area (Å²) in [4.78, 5) is 17.5. The first kappa shape index (κ1) is 23.5. The average Bonchev–Trinajstić information content (AvgIpc) is 3.21. The van der Waals surface area contributed by atoms with Gasteiger partial charge in [0.2, 0.25) is 10.0 Å². The highest BCUT2D eigenvalue weighted by Gasteiger charge is 2.19. The van der Waals surface area contributed by atoms with Crippen LogP contribution in [-0.2, 0) is 16.6 Å². The monoisotopic (exact) mass is 478 g/mol. The van der Waals surface area contributed by atoms with E-state index in [0.717, 1.165) is 26.8 Å². The Morgan fingerprint density at radius 2 is 1.85 bits per heavy atom. The van der Waals surface area contributed by atoms with Crippen LogP contribution in [0, 0.1) is 13.8 Å². The Hall–Kier alpha value is -3.69. The number of ether oxygens (including phenoxy) is 1. The number of pyridine rings is 1. The number of amides is 1. The zero-order valence-corrected chi connectivity index (χ0v) is 20.3. The first-order chi connectivity index (χ1) is 16.1. The molecule has 1 N–H and O–H groups in total. The van der Waals surface area contributed by atoms with Crippen molar-refractivity contribution in [1.82, 2.24) is 13.7 Å². The molecule has 8 nitrogen and oxygen atoms in total. The molecule has 0 fully saturated rings. The second kappa shape index (κ2) is 9.28. The second-order valence-electron chi connectivity index (χ2n) is 8.24. The minimum absolute atomic E-state index is 0.109. The minimum Gasteiger partial charge on any atom is -0.487 e. The van der Waals surface area contributed by atoms with Crippen molar-refractivity contribution in [3.05, 3.63) is 89.4 Å². The number of imidazole rings is 1. The van der Waals surface area contributed by atoms with Crippen LogP contribution in [0.5, 0.6) is 5.75 Å². The number of aromatic nitrogens is 2. The Kier molecular flexibility index (Phi) is 6.41. The van der Waals surface area contributed by atoms with Gasteiger partial charge in [0.1, 0.15) is 18.0 Å². The van der Waals surface area contributed by atoms with Gasteiger partial charge in [0, 0.05) is 37.7 Å². The number of nitrogens with one attached hydrogen (secondary N) is 1. The van der Waals surface area contributed by atoms with Crippen LogP contribution in [-0.4, -0.2) is 42.1 Å². The van der Waals surface area contributed by atoms with E-state index < -0.39 is 10.0 Å². The lowest BCUT2D eigenvalue weighted by molar-refractivity contribution is 0.102. The molecule has 2 heterocycles. The van der Waals surface area contributed by atoms with Crippen LogP contribution in [0.2, 0.25) is 0 Å². The van der Waals surface area contributed by atoms with E-state index in [-0.39, 0.29) is 17.4 Å². The predicted molar refractivity (Wildman–Crippen MR) is 131 cm³/mol. The normalized spacial score (nSPS) is 11.7. The molecule has 4 aromatic rings. The maximum absolute atomic E-state index is 12.9. The summed E-state index contributed by atoms with van der Waals surface area (Å²) in [5.74, 6) is 0.165. The number of fused-ring (bicyclic) bond motifs is 1. The van der Waals surface area contributed by atoms with E-state index in [9.17, 15) is 13.2 Å². The number of benzene rings is 2. The molecule has 0 unspecified atom stereocenters. The third-order valence-corrected chi connectivity index (χ3v) is 7.18. The molecule has 0 bridgehead atoms. The number of nitrogens with zero attached hydrogens (tertiary/aromatic N) is 3. The summed E-state index contributed by atoms with van der Waals surface area (Å²) in [6.07, 6.45) is 3.91. The summed E-state index contributed by atoms with van der Waals surface area (Å²) in [5.41, 5.74) is 4.32. The Morgan fingerprint density at radius 1 is 1.06 bits per heavy atom. The lowest BCUT2D eigenvalue weighted by atomic mass is 10.1. The maximum Gasteiger partial charge on any atom is 0.255 e. The summed E-state index contributed by atoms with van der Waals surface area (Å²) in [7, 11) is -0.686. The zero-order chi connectivity index (χ0) is 24.5. The lowest BCUT2D eigenvalue weighted by Crippen LogP contribution is -2.22. The van der Waals surface area contributed by atoms with E-state index >= 15 is 0 Å². The molecule has 0 spiro atoms. The van der Waals surface area contributed by atoms with Crippen LogP contribution < -0.4 is 10.1 Å². The van der Waals surface area contributed by atoms with Crippen LogP contribution in [0.25, 0.3) is 5.65 Å². The molecule has 34 heavy (non-hydrogen) atoms. The van der Waals surface area contributed by atoms with E-state index in [1.165, 1.54) is 26.2 Å². The summed E-state index contributed by atoms with van der Waals surface area (Å²) >= 11 is 0. The van der Waals surface area contributed by atoms with Crippen molar-refractivity contribution in [2.24, 2.45) is 0 Å². The maximum atomic E-state index is 12.9. The molecule has 176 valence electrons. The lowest BCUT2D eigenvalue weighted by Gasteiger charge is -2.14. The van der Waals surface area contributed by atoms with Crippen molar-refractivity contribution in [3.8, 4) is 5.75 Å².